The third-order valence-electron chi connectivity index (χ3n) is 4.73. The van der Waals surface area contributed by atoms with Crippen LogP contribution >= 0.6 is 12.4 Å². The molecule has 3 nitrogen and oxygen atoms in total. The third-order valence-corrected chi connectivity index (χ3v) is 4.73. The third kappa shape index (κ3) is 3.86. The van der Waals surface area contributed by atoms with Crippen LogP contribution in [0.5, 0.6) is 0 Å². The highest BCUT2D eigenvalue weighted by Crippen LogP contribution is 2.29. The summed E-state index contributed by atoms with van der Waals surface area (Å²) in [5.74, 6) is 1.73. The largest absolute Gasteiger partial charge is 0.356 e. The second-order valence-electron chi connectivity index (χ2n) is 5.97. The van der Waals surface area contributed by atoms with Gasteiger partial charge in [-0.3, -0.25) is 4.79 Å². The Bertz CT molecular complexity index is 273. The van der Waals surface area contributed by atoms with Crippen molar-refractivity contribution in [2.45, 2.75) is 57.9 Å². The Morgan fingerprint density at radius 1 is 1.17 bits per heavy atom. The van der Waals surface area contributed by atoms with Gasteiger partial charge >= 0.3 is 0 Å². The first kappa shape index (κ1) is 15.8. The molecule has 2 saturated carbocycles. The normalized spacial score (nSPS) is 35.9. The first-order valence-electron chi connectivity index (χ1n) is 7.21. The second-order valence-corrected chi connectivity index (χ2v) is 5.97. The van der Waals surface area contributed by atoms with Gasteiger partial charge in [0.15, 0.2) is 0 Å². The Hall–Kier alpha value is -0.280. The van der Waals surface area contributed by atoms with Gasteiger partial charge in [0, 0.05) is 12.6 Å². The number of nitrogens with two attached hydrogens (primary N) is 1. The lowest BCUT2D eigenvalue weighted by Gasteiger charge is -2.29. The van der Waals surface area contributed by atoms with E-state index in [9.17, 15) is 4.79 Å². The molecule has 1 amide bonds. The van der Waals surface area contributed by atoms with Crippen LogP contribution in [0.2, 0.25) is 0 Å². The zero-order valence-corrected chi connectivity index (χ0v) is 12.2. The molecule has 3 N–H and O–H groups in total. The predicted molar refractivity (Wildman–Crippen MR) is 76.7 cm³/mol. The van der Waals surface area contributed by atoms with Crippen LogP contribution in [0.15, 0.2) is 0 Å². The van der Waals surface area contributed by atoms with Crippen molar-refractivity contribution in [3.63, 3.8) is 0 Å². The minimum absolute atomic E-state index is 0. The summed E-state index contributed by atoms with van der Waals surface area (Å²) in [4.78, 5) is 12.0. The molecule has 2 aliphatic rings. The van der Waals surface area contributed by atoms with E-state index >= 15 is 0 Å². The minimum atomic E-state index is 0. The molecule has 2 aliphatic carbocycles. The number of nitrogens with one attached hydrogen (secondary N) is 1. The fraction of sp³-hybridized carbons (Fsp3) is 0.929. The van der Waals surface area contributed by atoms with Gasteiger partial charge in [-0.1, -0.05) is 32.6 Å². The highest BCUT2D eigenvalue weighted by Gasteiger charge is 2.31. The zero-order chi connectivity index (χ0) is 12.3. The highest BCUT2D eigenvalue weighted by atomic mass is 35.5. The van der Waals surface area contributed by atoms with Gasteiger partial charge in [-0.2, -0.15) is 0 Å². The molecule has 4 heteroatoms. The molecule has 0 aliphatic heterocycles. The van der Waals surface area contributed by atoms with Crippen molar-refractivity contribution in [1.29, 1.82) is 0 Å². The molecule has 0 bridgehead atoms. The van der Waals surface area contributed by atoms with Crippen molar-refractivity contribution in [2.75, 3.05) is 6.54 Å². The first-order valence-corrected chi connectivity index (χ1v) is 7.21. The molecule has 0 aromatic heterocycles. The minimum Gasteiger partial charge on any atom is -0.356 e. The van der Waals surface area contributed by atoms with Gasteiger partial charge in [0.05, 0.1) is 5.92 Å². The lowest BCUT2D eigenvalue weighted by atomic mass is 9.80. The van der Waals surface area contributed by atoms with Gasteiger partial charge in [-0.05, 0) is 31.1 Å². The Balaban J connectivity index is 0.00000162. The van der Waals surface area contributed by atoms with E-state index in [1.54, 1.807) is 0 Å². The molecule has 2 rings (SSSR count). The fourth-order valence-corrected chi connectivity index (χ4v) is 3.37. The number of halogens is 1. The van der Waals surface area contributed by atoms with Crippen LogP contribution in [0.25, 0.3) is 0 Å². The predicted octanol–water partition coefficient (Wildman–Crippen LogP) is 2.48. The maximum absolute atomic E-state index is 12.0. The molecule has 2 fully saturated rings. The summed E-state index contributed by atoms with van der Waals surface area (Å²) >= 11 is 0. The van der Waals surface area contributed by atoms with Gasteiger partial charge in [0.1, 0.15) is 0 Å². The molecule has 0 heterocycles. The molecule has 106 valence electrons. The van der Waals surface area contributed by atoms with E-state index in [4.69, 9.17) is 5.73 Å². The lowest BCUT2D eigenvalue weighted by Crippen LogP contribution is -2.41. The van der Waals surface area contributed by atoms with E-state index in [1.807, 2.05) is 0 Å². The number of carbonyl (C=O) groups excluding carboxylic acids is 1. The van der Waals surface area contributed by atoms with Crippen LogP contribution in [0.4, 0.5) is 0 Å². The van der Waals surface area contributed by atoms with Gasteiger partial charge in [0.2, 0.25) is 5.91 Å². The Morgan fingerprint density at radius 3 is 2.50 bits per heavy atom. The lowest BCUT2D eigenvalue weighted by molar-refractivity contribution is -0.125. The number of amides is 1. The SMILES string of the molecule is CC1CCCCC1CNC(=O)C1CCCC1N.Cl. The second kappa shape index (κ2) is 7.34. The summed E-state index contributed by atoms with van der Waals surface area (Å²) in [6.45, 7) is 3.18. The van der Waals surface area contributed by atoms with Crippen molar-refractivity contribution in [3.05, 3.63) is 0 Å². The van der Waals surface area contributed by atoms with E-state index in [2.05, 4.69) is 12.2 Å². The van der Waals surface area contributed by atoms with E-state index < -0.39 is 0 Å². The quantitative estimate of drug-likeness (QED) is 0.831. The van der Waals surface area contributed by atoms with E-state index in [0.717, 1.165) is 31.7 Å². The fourth-order valence-electron chi connectivity index (χ4n) is 3.37. The van der Waals surface area contributed by atoms with Crippen molar-refractivity contribution in [1.82, 2.24) is 5.32 Å². The smallest absolute Gasteiger partial charge is 0.224 e. The number of rotatable bonds is 3. The molecule has 18 heavy (non-hydrogen) atoms. The first-order chi connectivity index (χ1) is 8.18. The van der Waals surface area contributed by atoms with Crippen LogP contribution in [0, 0.1) is 17.8 Å². The molecule has 4 unspecified atom stereocenters. The molecule has 0 saturated heterocycles. The van der Waals surface area contributed by atoms with Gasteiger partial charge in [-0.15, -0.1) is 12.4 Å². The van der Waals surface area contributed by atoms with Crippen LogP contribution in [0.3, 0.4) is 0 Å². The van der Waals surface area contributed by atoms with Crippen molar-refractivity contribution in [3.8, 4) is 0 Å². The van der Waals surface area contributed by atoms with E-state index in [1.165, 1.54) is 25.7 Å². The van der Waals surface area contributed by atoms with E-state index in [-0.39, 0.29) is 30.3 Å². The van der Waals surface area contributed by atoms with Crippen LogP contribution in [0.1, 0.15) is 51.9 Å². The highest BCUT2D eigenvalue weighted by molar-refractivity contribution is 5.85. The maximum Gasteiger partial charge on any atom is 0.224 e. The number of carbonyl (C=O) groups is 1. The van der Waals surface area contributed by atoms with E-state index in [0.29, 0.717) is 5.92 Å². The van der Waals surface area contributed by atoms with Crippen LogP contribution < -0.4 is 11.1 Å². The Labute approximate surface area is 117 Å². The summed E-state index contributed by atoms with van der Waals surface area (Å²) in [6.07, 6.45) is 8.39. The molecule has 4 atom stereocenters. The average molecular weight is 275 g/mol. The summed E-state index contributed by atoms with van der Waals surface area (Å²) in [6, 6.07) is 0.0961. The zero-order valence-electron chi connectivity index (χ0n) is 11.4. The Kier molecular flexibility index (Phi) is 6.44. The monoisotopic (exact) mass is 274 g/mol. The summed E-state index contributed by atoms with van der Waals surface area (Å²) in [7, 11) is 0. The Morgan fingerprint density at radius 2 is 1.89 bits per heavy atom. The average Bonchev–Trinajstić information content (AvgIpc) is 2.74. The summed E-state index contributed by atoms with van der Waals surface area (Å²) in [5, 5.41) is 3.14. The maximum atomic E-state index is 12.0. The van der Waals surface area contributed by atoms with Gasteiger partial charge in [0.25, 0.3) is 0 Å². The summed E-state index contributed by atoms with van der Waals surface area (Å²) in [5.41, 5.74) is 5.96. The standard InChI is InChI=1S/C14H26N2O.ClH/c1-10-5-2-3-6-11(10)9-16-14(17)12-7-4-8-13(12)15;/h10-13H,2-9,15H2,1H3,(H,16,17);1H. The number of hydrogen-bond donors (Lipinski definition) is 2. The topological polar surface area (TPSA) is 55.1 Å². The van der Waals surface area contributed by atoms with Crippen LogP contribution in [-0.2, 0) is 4.79 Å². The van der Waals surface area contributed by atoms with Crippen molar-refractivity contribution in [2.24, 2.45) is 23.5 Å². The van der Waals surface area contributed by atoms with Gasteiger partial charge < -0.3 is 11.1 Å². The van der Waals surface area contributed by atoms with Crippen molar-refractivity contribution >= 4 is 18.3 Å². The molecular formula is C14H27ClN2O. The molecule has 0 spiro atoms. The molecule has 0 aromatic rings. The molecular weight excluding hydrogens is 248 g/mol. The van der Waals surface area contributed by atoms with Crippen LogP contribution in [-0.4, -0.2) is 18.5 Å². The number of hydrogen-bond acceptors (Lipinski definition) is 2. The van der Waals surface area contributed by atoms with Crippen molar-refractivity contribution < 1.29 is 4.79 Å². The molecule has 0 radical (unpaired) electrons. The molecule has 0 aromatic carbocycles. The van der Waals surface area contributed by atoms with Gasteiger partial charge in [-0.25, -0.2) is 0 Å². The summed E-state index contributed by atoms with van der Waals surface area (Å²) < 4.78 is 0.